The third-order valence-corrected chi connectivity index (χ3v) is 3.54. The highest BCUT2D eigenvalue weighted by Gasteiger charge is 2.06. The molecule has 2 N–H and O–H groups in total. The van der Waals surface area contributed by atoms with Crippen LogP contribution < -0.4 is 10.2 Å². The molecule has 0 saturated carbocycles. The van der Waals surface area contributed by atoms with Crippen LogP contribution in [-0.4, -0.2) is 29.8 Å². The average molecular weight is 364 g/mol. The highest BCUT2D eigenvalue weighted by Crippen LogP contribution is 2.22. The van der Waals surface area contributed by atoms with E-state index in [4.69, 9.17) is 14.3 Å². The second kappa shape index (κ2) is 8.48. The van der Waals surface area contributed by atoms with E-state index in [0.29, 0.717) is 17.3 Å². The number of nitrogens with one attached hydrogen (secondary N) is 1. The molecule has 1 heterocycles. The quantitative estimate of drug-likeness (QED) is 0.495. The van der Waals surface area contributed by atoms with Crippen LogP contribution in [0.15, 0.2) is 76.2 Å². The van der Waals surface area contributed by atoms with Gasteiger partial charge < -0.3 is 14.3 Å². The second-order valence-electron chi connectivity index (χ2n) is 5.48. The zero-order valence-electron chi connectivity index (χ0n) is 14.2. The lowest BCUT2D eigenvalue weighted by Gasteiger charge is -2.03. The summed E-state index contributed by atoms with van der Waals surface area (Å²) in [4.78, 5) is 22.6. The monoisotopic (exact) mass is 364 g/mol. The molecular formula is C20H16N2O5. The van der Waals surface area contributed by atoms with Gasteiger partial charge in [0, 0.05) is 5.56 Å². The van der Waals surface area contributed by atoms with E-state index in [1.807, 2.05) is 18.2 Å². The maximum Gasteiger partial charge on any atom is 0.335 e. The number of carboxylic acid groups (broad SMARTS) is 1. The first-order valence-electron chi connectivity index (χ1n) is 8.05. The highest BCUT2D eigenvalue weighted by atomic mass is 16.5. The summed E-state index contributed by atoms with van der Waals surface area (Å²) < 4.78 is 10.9. The summed E-state index contributed by atoms with van der Waals surface area (Å²) in [5.41, 5.74) is 3.29. The van der Waals surface area contributed by atoms with Crippen LogP contribution in [0.5, 0.6) is 5.75 Å². The molecule has 0 bridgehead atoms. The van der Waals surface area contributed by atoms with Gasteiger partial charge in [-0.15, -0.1) is 0 Å². The Balaban J connectivity index is 1.52. The SMILES string of the molecule is O=C(COc1ccccc1)N/N=C\c1ccc(-c2ccc(C(=O)O)cc2)o1. The number of furan rings is 1. The molecule has 0 fully saturated rings. The van der Waals surface area contributed by atoms with Crippen LogP contribution >= 0.6 is 0 Å². The summed E-state index contributed by atoms with van der Waals surface area (Å²) in [6.07, 6.45) is 1.37. The molecule has 0 spiro atoms. The first-order valence-corrected chi connectivity index (χ1v) is 8.05. The minimum Gasteiger partial charge on any atom is -0.484 e. The van der Waals surface area contributed by atoms with Gasteiger partial charge in [-0.3, -0.25) is 4.79 Å². The Morgan fingerprint density at radius 1 is 1.04 bits per heavy atom. The van der Waals surface area contributed by atoms with E-state index in [1.54, 1.807) is 36.4 Å². The second-order valence-corrected chi connectivity index (χ2v) is 5.48. The van der Waals surface area contributed by atoms with Crippen molar-refractivity contribution in [1.29, 1.82) is 0 Å². The number of benzene rings is 2. The third-order valence-electron chi connectivity index (χ3n) is 3.54. The van der Waals surface area contributed by atoms with Crippen LogP contribution in [0.3, 0.4) is 0 Å². The van der Waals surface area contributed by atoms with Crippen molar-refractivity contribution in [3.05, 3.63) is 78.1 Å². The standard InChI is InChI=1S/C20H16N2O5/c23-19(13-26-16-4-2-1-3-5-16)22-21-12-17-10-11-18(27-17)14-6-8-15(9-7-14)20(24)25/h1-12H,13H2,(H,22,23)(H,24,25)/b21-12-. The van der Waals surface area contributed by atoms with Gasteiger partial charge in [-0.1, -0.05) is 30.3 Å². The Labute approximate surface area is 154 Å². The van der Waals surface area contributed by atoms with E-state index in [-0.39, 0.29) is 12.2 Å². The maximum absolute atomic E-state index is 11.7. The van der Waals surface area contributed by atoms with Gasteiger partial charge in [-0.05, 0) is 36.4 Å². The third kappa shape index (κ3) is 5.05. The number of amides is 1. The van der Waals surface area contributed by atoms with Crippen molar-refractivity contribution in [1.82, 2.24) is 5.43 Å². The lowest BCUT2D eigenvalue weighted by Crippen LogP contribution is -2.24. The van der Waals surface area contributed by atoms with Crippen molar-refractivity contribution in [2.75, 3.05) is 6.61 Å². The molecule has 136 valence electrons. The molecule has 7 nitrogen and oxygen atoms in total. The molecule has 27 heavy (non-hydrogen) atoms. The molecule has 3 aromatic rings. The minimum atomic E-state index is -0.985. The van der Waals surface area contributed by atoms with Gasteiger partial charge in [-0.25, -0.2) is 10.2 Å². The van der Waals surface area contributed by atoms with Crippen molar-refractivity contribution in [3.63, 3.8) is 0 Å². The number of hydrazone groups is 1. The van der Waals surface area contributed by atoms with Crippen molar-refractivity contribution >= 4 is 18.1 Å². The van der Waals surface area contributed by atoms with Gasteiger partial charge >= 0.3 is 5.97 Å². The number of hydrogen-bond acceptors (Lipinski definition) is 5. The van der Waals surface area contributed by atoms with E-state index in [9.17, 15) is 9.59 Å². The molecule has 7 heteroatoms. The summed E-state index contributed by atoms with van der Waals surface area (Å²) in [5.74, 6) is 0.219. The molecule has 1 aromatic heterocycles. The fourth-order valence-electron chi connectivity index (χ4n) is 2.22. The molecule has 0 unspecified atom stereocenters. The van der Waals surface area contributed by atoms with Crippen LogP contribution in [-0.2, 0) is 4.79 Å². The van der Waals surface area contributed by atoms with E-state index < -0.39 is 11.9 Å². The van der Waals surface area contributed by atoms with Crippen molar-refractivity contribution < 1.29 is 23.8 Å². The Hall–Kier alpha value is -3.87. The topological polar surface area (TPSA) is 101 Å². The van der Waals surface area contributed by atoms with Crippen LogP contribution in [0.25, 0.3) is 11.3 Å². The molecule has 0 atom stereocenters. The number of carboxylic acids is 1. The molecule has 0 aliphatic carbocycles. The summed E-state index contributed by atoms with van der Waals surface area (Å²) in [6.45, 7) is -0.152. The number of hydrogen-bond donors (Lipinski definition) is 2. The van der Waals surface area contributed by atoms with Gasteiger partial charge in [0.05, 0.1) is 11.8 Å². The zero-order valence-corrected chi connectivity index (χ0v) is 14.2. The number of carbonyl (C=O) groups is 2. The molecule has 1 amide bonds. The smallest absolute Gasteiger partial charge is 0.335 e. The summed E-state index contributed by atoms with van der Waals surface area (Å²) in [7, 11) is 0. The number of para-hydroxylation sites is 1. The normalized spacial score (nSPS) is 10.7. The summed E-state index contributed by atoms with van der Waals surface area (Å²) in [6, 6.07) is 18.7. The van der Waals surface area contributed by atoms with E-state index in [1.165, 1.54) is 18.3 Å². The predicted octanol–water partition coefficient (Wildman–Crippen LogP) is 3.17. The summed E-state index contributed by atoms with van der Waals surface area (Å²) >= 11 is 0. The van der Waals surface area contributed by atoms with Crippen LogP contribution in [0, 0.1) is 0 Å². The minimum absolute atomic E-state index is 0.152. The van der Waals surface area contributed by atoms with Crippen molar-refractivity contribution in [2.45, 2.75) is 0 Å². The predicted molar refractivity (Wildman–Crippen MR) is 98.8 cm³/mol. The van der Waals surface area contributed by atoms with E-state index in [0.717, 1.165) is 5.56 Å². The molecular weight excluding hydrogens is 348 g/mol. The molecule has 2 aromatic carbocycles. The van der Waals surface area contributed by atoms with E-state index >= 15 is 0 Å². The van der Waals surface area contributed by atoms with Gasteiger partial charge in [0.1, 0.15) is 17.3 Å². The maximum atomic E-state index is 11.7. The van der Waals surface area contributed by atoms with Crippen molar-refractivity contribution in [2.24, 2.45) is 5.10 Å². The lowest BCUT2D eigenvalue weighted by molar-refractivity contribution is -0.123. The van der Waals surface area contributed by atoms with Gasteiger partial charge in [-0.2, -0.15) is 5.10 Å². The molecule has 0 aliphatic heterocycles. The number of rotatable bonds is 7. The van der Waals surface area contributed by atoms with Crippen LogP contribution in [0.4, 0.5) is 0 Å². The molecule has 0 saturated heterocycles. The number of aromatic carboxylic acids is 1. The molecule has 3 rings (SSSR count). The van der Waals surface area contributed by atoms with Crippen LogP contribution in [0.1, 0.15) is 16.1 Å². The van der Waals surface area contributed by atoms with Gasteiger partial charge in [0.25, 0.3) is 5.91 Å². The number of carbonyl (C=O) groups excluding carboxylic acids is 1. The lowest BCUT2D eigenvalue weighted by atomic mass is 10.1. The summed E-state index contributed by atoms with van der Waals surface area (Å²) in [5, 5.41) is 12.7. The first kappa shape index (κ1) is 17.9. The van der Waals surface area contributed by atoms with Crippen LogP contribution in [0.2, 0.25) is 0 Å². The zero-order chi connectivity index (χ0) is 19.1. The number of ether oxygens (including phenoxy) is 1. The highest BCUT2D eigenvalue weighted by molar-refractivity contribution is 5.88. The fraction of sp³-hybridized carbons (Fsp3) is 0.0500. The Morgan fingerprint density at radius 2 is 1.78 bits per heavy atom. The van der Waals surface area contributed by atoms with Gasteiger partial charge in [0.2, 0.25) is 0 Å². The molecule has 0 radical (unpaired) electrons. The van der Waals surface area contributed by atoms with E-state index in [2.05, 4.69) is 10.5 Å². The van der Waals surface area contributed by atoms with Crippen molar-refractivity contribution in [3.8, 4) is 17.1 Å². The Morgan fingerprint density at radius 3 is 2.48 bits per heavy atom. The first-order chi connectivity index (χ1) is 13.1. The largest absolute Gasteiger partial charge is 0.484 e. The molecule has 0 aliphatic rings. The van der Waals surface area contributed by atoms with Gasteiger partial charge in [0.15, 0.2) is 6.61 Å². The fourth-order valence-corrected chi connectivity index (χ4v) is 2.22. The Kier molecular flexibility index (Phi) is 5.64. The average Bonchev–Trinajstić information content (AvgIpc) is 3.16. The number of nitrogens with zero attached hydrogens (tertiary/aromatic N) is 1. The Bertz CT molecular complexity index is 946.